The highest BCUT2D eigenvalue weighted by Gasteiger charge is 2.12. The molecule has 2 heterocycles. The molecule has 0 aliphatic rings. The predicted octanol–water partition coefficient (Wildman–Crippen LogP) is 0.780. The van der Waals surface area contributed by atoms with Crippen molar-refractivity contribution < 1.29 is 0 Å². The summed E-state index contributed by atoms with van der Waals surface area (Å²) in [6, 6.07) is 0.320. The van der Waals surface area contributed by atoms with Crippen molar-refractivity contribution in [2.75, 3.05) is 17.7 Å². The van der Waals surface area contributed by atoms with Crippen molar-refractivity contribution in [2.24, 2.45) is 0 Å². The fourth-order valence-electron chi connectivity index (χ4n) is 1.23. The zero-order valence-corrected chi connectivity index (χ0v) is 9.02. The molecule has 0 unspecified atom stereocenters. The Bertz CT molecular complexity index is 474. The number of imidazole rings is 1. The second-order valence-corrected chi connectivity index (χ2v) is 3.71. The fourth-order valence-corrected chi connectivity index (χ4v) is 1.23. The van der Waals surface area contributed by atoms with Crippen LogP contribution in [0.4, 0.5) is 11.8 Å². The molecule has 2 rings (SSSR count). The normalized spacial score (nSPS) is 11.2. The molecule has 0 bridgehead atoms. The summed E-state index contributed by atoms with van der Waals surface area (Å²) < 4.78 is 0. The molecule has 0 atom stereocenters. The number of nitrogens with zero attached hydrogens (tertiary/aromatic N) is 4. The first-order valence-electron chi connectivity index (χ1n) is 4.79. The Labute approximate surface area is 87.5 Å². The van der Waals surface area contributed by atoms with Crippen molar-refractivity contribution in [1.29, 1.82) is 0 Å². The first-order chi connectivity index (χ1) is 7.09. The van der Waals surface area contributed by atoms with Gasteiger partial charge >= 0.3 is 0 Å². The van der Waals surface area contributed by atoms with E-state index in [0.717, 1.165) is 0 Å². The third-order valence-corrected chi connectivity index (χ3v) is 2.39. The second-order valence-electron chi connectivity index (χ2n) is 3.71. The number of rotatable bonds is 2. The van der Waals surface area contributed by atoms with Crippen LogP contribution in [0.15, 0.2) is 6.33 Å². The van der Waals surface area contributed by atoms with Gasteiger partial charge in [0.2, 0.25) is 5.95 Å². The predicted molar refractivity (Wildman–Crippen MR) is 59.6 cm³/mol. The van der Waals surface area contributed by atoms with E-state index in [1.165, 1.54) is 0 Å². The van der Waals surface area contributed by atoms with Crippen molar-refractivity contribution in [1.82, 2.24) is 19.9 Å². The number of aromatic amines is 1. The molecule has 0 spiro atoms. The Hall–Kier alpha value is -1.85. The number of nitrogens with two attached hydrogens (primary N) is 1. The Balaban J connectivity index is 2.53. The van der Waals surface area contributed by atoms with Crippen LogP contribution in [0.25, 0.3) is 11.2 Å². The lowest BCUT2D eigenvalue weighted by molar-refractivity contribution is 0.732. The Morgan fingerprint density at radius 3 is 2.80 bits per heavy atom. The Kier molecular flexibility index (Phi) is 2.18. The highest BCUT2D eigenvalue weighted by atomic mass is 15.3. The molecular formula is C9H14N6. The summed E-state index contributed by atoms with van der Waals surface area (Å²) in [4.78, 5) is 17.4. The molecule has 15 heavy (non-hydrogen) atoms. The number of nitrogen functional groups attached to an aromatic ring is 1. The van der Waals surface area contributed by atoms with Gasteiger partial charge in [-0.2, -0.15) is 9.97 Å². The number of fused-ring (bicyclic) bond motifs is 1. The average molecular weight is 206 g/mol. The molecule has 0 aliphatic heterocycles. The summed E-state index contributed by atoms with van der Waals surface area (Å²) in [5.41, 5.74) is 7.08. The summed E-state index contributed by atoms with van der Waals surface area (Å²) in [5, 5.41) is 0. The average Bonchev–Trinajstić information content (AvgIpc) is 2.64. The summed E-state index contributed by atoms with van der Waals surface area (Å²) in [6.45, 7) is 4.13. The van der Waals surface area contributed by atoms with Crippen LogP contribution in [0.3, 0.4) is 0 Å². The van der Waals surface area contributed by atoms with Crippen molar-refractivity contribution in [3.63, 3.8) is 0 Å². The van der Waals surface area contributed by atoms with Crippen molar-refractivity contribution in [3.8, 4) is 0 Å². The SMILES string of the molecule is CC(C)N(C)c1nc(N)c2[nH]cnc2n1. The molecule has 0 aliphatic carbocycles. The van der Waals surface area contributed by atoms with Gasteiger partial charge < -0.3 is 15.6 Å². The third-order valence-electron chi connectivity index (χ3n) is 2.39. The quantitative estimate of drug-likeness (QED) is 0.758. The van der Waals surface area contributed by atoms with Gasteiger partial charge in [-0.05, 0) is 13.8 Å². The molecule has 3 N–H and O–H groups in total. The minimum atomic E-state index is 0.320. The van der Waals surface area contributed by atoms with Gasteiger partial charge in [0, 0.05) is 13.1 Å². The zero-order chi connectivity index (χ0) is 11.0. The van der Waals surface area contributed by atoms with E-state index in [0.29, 0.717) is 29.0 Å². The van der Waals surface area contributed by atoms with Crippen LogP contribution >= 0.6 is 0 Å². The lowest BCUT2D eigenvalue weighted by atomic mass is 10.3. The maximum absolute atomic E-state index is 5.79. The summed E-state index contributed by atoms with van der Waals surface area (Å²) >= 11 is 0. The van der Waals surface area contributed by atoms with E-state index in [1.807, 2.05) is 11.9 Å². The van der Waals surface area contributed by atoms with Gasteiger partial charge in [-0.15, -0.1) is 0 Å². The number of H-pyrrole nitrogens is 1. The van der Waals surface area contributed by atoms with Crippen molar-refractivity contribution >= 4 is 22.9 Å². The molecule has 0 amide bonds. The first-order valence-corrected chi connectivity index (χ1v) is 4.79. The van der Waals surface area contributed by atoms with Crippen LogP contribution in [0.1, 0.15) is 13.8 Å². The highest BCUT2D eigenvalue weighted by Crippen LogP contribution is 2.18. The molecule has 2 aromatic heterocycles. The van der Waals surface area contributed by atoms with Crippen LogP contribution in [-0.2, 0) is 0 Å². The van der Waals surface area contributed by atoms with Gasteiger partial charge in [-0.3, -0.25) is 0 Å². The summed E-state index contributed by atoms with van der Waals surface area (Å²) in [7, 11) is 1.93. The van der Waals surface area contributed by atoms with E-state index in [9.17, 15) is 0 Å². The number of anilines is 2. The summed E-state index contributed by atoms with van der Waals surface area (Å²) in [6.07, 6.45) is 1.56. The van der Waals surface area contributed by atoms with E-state index in [2.05, 4.69) is 33.8 Å². The minimum Gasteiger partial charge on any atom is -0.382 e. The summed E-state index contributed by atoms with van der Waals surface area (Å²) in [5.74, 6) is 1.03. The van der Waals surface area contributed by atoms with Crippen molar-refractivity contribution in [2.45, 2.75) is 19.9 Å². The Morgan fingerprint density at radius 2 is 2.13 bits per heavy atom. The number of nitrogens with one attached hydrogen (secondary N) is 1. The molecule has 0 radical (unpaired) electrons. The van der Waals surface area contributed by atoms with E-state index in [-0.39, 0.29) is 0 Å². The minimum absolute atomic E-state index is 0.320. The standard InChI is InChI=1S/C9H14N6/c1-5(2)15(3)9-13-7(10)6-8(14-9)12-4-11-6/h4-5H,1-3H3,(H3,10,11,12,13,14). The maximum Gasteiger partial charge on any atom is 0.229 e. The highest BCUT2D eigenvalue weighted by molar-refractivity contribution is 5.82. The van der Waals surface area contributed by atoms with Crippen LogP contribution in [0, 0.1) is 0 Å². The Morgan fingerprint density at radius 1 is 1.40 bits per heavy atom. The molecule has 6 nitrogen and oxygen atoms in total. The second kappa shape index (κ2) is 3.38. The van der Waals surface area contributed by atoms with Gasteiger partial charge in [-0.1, -0.05) is 0 Å². The number of aromatic nitrogens is 4. The van der Waals surface area contributed by atoms with E-state index in [1.54, 1.807) is 6.33 Å². The molecule has 0 saturated carbocycles. The van der Waals surface area contributed by atoms with E-state index < -0.39 is 0 Å². The molecule has 0 aromatic carbocycles. The topological polar surface area (TPSA) is 83.7 Å². The van der Waals surface area contributed by atoms with Gasteiger partial charge in [0.05, 0.1) is 6.33 Å². The number of hydrogen-bond acceptors (Lipinski definition) is 5. The molecule has 0 fully saturated rings. The van der Waals surface area contributed by atoms with Crippen LogP contribution in [0.5, 0.6) is 0 Å². The van der Waals surface area contributed by atoms with E-state index >= 15 is 0 Å². The van der Waals surface area contributed by atoms with Crippen LogP contribution in [-0.4, -0.2) is 33.0 Å². The molecule has 6 heteroatoms. The number of hydrogen-bond donors (Lipinski definition) is 2. The smallest absolute Gasteiger partial charge is 0.229 e. The van der Waals surface area contributed by atoms with Gasteiger partial charge in [0.1, 0.15) is 5.52 Å². The molecular weight excluding hydrogens is 192 g/mol. The largest absolute Gasteiger partial charge is 0.382 e. The molecule has 80 valence electrons. The van der Waals surface area contributed by atoms with Gasteiger partial charge in [0.15, 0.2) is 11.5 Å². The molecule has 0 saturated heterocycles. The van der Waals surface area contributed by atoms with Crippen molar-refractivity contribution in [3.05, 3.63) is 6.33 Å². The van der Waals surface area contributed by atoms with Gasteiger partial charge in [0.25, 0.3) is 0 Å². The van der Waals surface area contributed by atoms with Crippen LogP contribution < -0.4 is 10.6 Å². The monoisotopic (exact) mass is 206 g/mol. The lowest BCUT2D eigenvalue weighted by Crippen LogP contribution is -2.27. The maximum atomic E-state index is 5.79. The zero-order valence-electron chi connectivity index (χ0n) is 9.02. The van der Waals surface area contributed by atoms with Crippen LogP contribution in [0.2, 0.25) is 0 Å². The first kappa shape index (κ1) is 9.70. The van der Waals surface area contributed by atoms with E-state index in [4.69, 9.17) is 5.73 Å². The molecule has 2 aromatic rings. The van der Waals surface area contributed by atoms with Gasteiger partial charge in [-0.25, -0.2) is 4.98 Å². The fraction of sp³-hybridized carbons (Fsp3) is 0.444. The third kappa shape index (κ3) is 1.58. The lowest BCUT2D eigenvalue weighted by Gasteiger charge is -2.21.